The summed E-state index contributed by atoms with van der Waals surface area (Å²) in [5.74, 6) is 5.59. The molecule has 2 heterocycles. The highest BCUT2D eigenvalue weighted by Crippen LogP contribution is 2.32. The van der Waals surface area contributed by atoms with Crippen molar-refractivity contribution in [2.75, 3.05) is 5.43 Å². The Hall–Kier alpha value is -2.72. The molecule has 0 spiro atoms. The second-order valence-corrected chi connectivity index (χ2v) is 5.04. The molecule has 0 fully saturated rings. The summed E-state index contributed by atoms with van der Waals surface area (Å²) in [7, 11) is 0. The number of non-ortho nitro benzene ring substituents is 1. The Kier molecular flexibility index (Phi) is 3.38. The third-order valence-electron chi connectivity index (χ3n) is 2.67. The molecule has 0 amide bonds. The summed E-state index contributed by atoms with van der Waals surface area (Å²) in [4.78, 5) is 19.4. The molecule has 0 saturated carbocycles. The van der Waals surface area contributed by atoms with Crippen LogP contribution in [0.5, 0.6) is 0 Å². The van der Waals surface area contributed by atoms with E-state index in [9.17, 15) is 10.1 Å². The molecule has 9 nitrogen and oxygen atoms in total. The minimum Gasteiger partial charge on any atom is -0.292 e. The number of nitrogen functional groups attached to an aromatic ring is 1. The fourth-order valence-corrected chi connectivity index (χ4v) is 2.59. The number of hydrazine groups is 1. The Morgan fingerprint density at radius 1 is 1.29 bits per heavy atom. The lowest BCUT2D eigenvalue weighted by atomic mass is 10.3. The van der Waals surface area contributed by atoms with Crippen molar-refractivity contribution in [1.29, 1.82) is 0 Å². The number of hydrogen-bond donors (Lipinski definition) is 3. The van der Waals surface area contributed by atoms with Gasteiger partial charge < -0.3 is 0 Å². The van der Waals surface area contributed by atoms with Crippen molar-refractivity contribution >= 4 is 34.4 Å². The van der Waals surface area contributed by atoms with Gasteiger partial charge in [0.05, 0.1) is 16.5 Å². The molecule has 0 saturated heterocycles. The van der Waals surface area contributed by atoms with Crippen LogP contribution in [0.1, 0.15) is 0 Å². The summed E-state index contributed by atoms with van der Waals surface area (Å²) >= 11 is 1.34. The van der Waals surface area contributed by atoms with Crippen LogP contribution < -0.4 is 11.3 Å². The van der Waals surface area contributed by atoms with Gasteiger partial charge in [-0.1, -0.05) is 11.8 Å². The Balaban J connectivity index is 1.97. The van der Waals surface area contributed by atoms with Gasteiger partial charge in [0, 0.05) is 17.0 Å². The Morgan fingerprint density at radius 2 is 2.05 bits per heavy atom. The molecule has 3 rings (SSSR count). The molecule has 10 heteroatoms. The topological polar surface area (TPSA) is 136 Å². The summed E-state index contributed by atoms with van der Waals surface area (Å²) in [5.41, 5.74) is 2.99. The van der Waals surface area contributed by atoms with Gasteiger partial charge in [-0.2, -0.15) is 10.1 Å². The number of H-pyrrole nitrogens is 1. The first-order valence-corrected chi connectivity index (χ1v) is 6.59. The SMILES string of the molecule is NNc1nc(Sc2ccc([N+](=O)[O-])cc2)c2cn[nH]c2n1. The number of aromatic amines is 1. The molecular formula is C11H9N7O2S. The van der Waals surface area contributed by atoms with Crippen LogP contribution >= 0.6 is 11.8 Å². The summed E-state index contributed by atoms with van der Waals surface area (Å²) in [6.45, 7) is 0. The van der Waals surface area contributed by atoms with Gasteiger partial charge in [-0.3, -0.25) is 20.6 Å². The molecule has 0 unspecified atom stereocenters. The van der Waals surface area contributed by atoms with E-state index in [-0.39, 0.29) is 11.6 Å². The van der Waals surface area contributed by atoms with Gasteiger partial charge >= 0.3 is 0 Å². The van der Waals surface area contributed by atoms with Crippen LogP contribution in [0.3, 0.4) is 0 Å². The predicted octanol–water partition coefficient (Wildman–Crippen LogP) is 1.70. The smallest absolute Gasteiger partial charge is 0.269 e. The summed E-state index contributed by atoms with van der Waals surface area (Å²) in [6.07, 6.45) is 1.61. The number of anilines is 1. The molecular weight excluding hydrogens is 294 g/mol. The van der Waals surface area contributed by atoms with Crippen molar-refractivity contribution in [3.8, 4) is 0 Å². The fourth-order valence-electron chi connectivity index (χ4n) is 1.70. The number of benzene rings is 1. The molecule has 0 aliphatic rings. The fraction of sp³-hybridized carbons (Fsp3) is 0. The monoisotopic (exact) mass is 303 g/mol. The number of fused-ring (bicyclic) bond motifs is 1. The number of aromatic nitrogens is 4. The normalized spacial score (nSPS) is 10.7. The summed E-state index contributed by atoms with van der Waals surface area (Å²) in [5, 5.41) is 18.7. The van der Waals surface area contributed by atoms with E-state index in [0.29, 0.717) is 10.7 Å². The van der Waals surface area contributed by atoms with E-state index < -0.39 is 4.92 Å². The van der Waals surface area contributed by atoms with E-state index >= 15 is 0 Å². The zero-order chi connectivity index (χ0) is 14.8. The molecule has 21 heavy (non-hydrogen) atoms. The molecule has 0 aliphatic carbocycles. The second-order valence-electron chi connectivity index (χ2n) is 3.98. The maximum atomic E-state index is 10.6. The van der Waals surface area contributed by atoms with Gasteiger partial charge in [0.1, 0.15) is 5.03 Å². The Bertz CT molecular complexity index is 802. The molecule has 0 radical (unpaired) electrons. The molecule has 0 atom stereocenters. The number of nitrogens with one attached hydrogen (secondary N) is 2. The molecule has 0 bridgehead atoms. The third kappa shape index (κ3) is 2.61. The van der Waals surface area contributed by atoms with E-state index in [0.717, 1.165) is 10.3 Å². The largest absolute Gasteiger partial charge is 0.292 e. The van der Waals surface area contributed by atoms with Crippen LogP contribution in [-0.2, 0) is 0 Å². The molecule has 3 aromatic rings. The van der Waals surface area contributed by atoms with Gasteiger partial charge in [0.15, 0.2) is 5.65 Å². The Morgan fingerprint density at radius 3 is 2.71 bits per heavy atom. The molecule has 1 aromatic carbocycles. The highest BCUT2D eigenvalue weighted by Gasteiger charge is 2.11. The molecule has 106 valence electrons. The summed E-state index contributed by atoms with van der Waals surface area (Å²) in [6, 6.07) is 6.20. The van der Waals surface area contributed by atoms with Gasteiger partial charge in [0.2, 0.25) is 5.95 Å². The number of nitrogens with two attached hydrogens (primary N) is 1. The lowest BCUT2D eigenvalue weighted by Crippen LogP contribution is -2.10. The van der Waals surface area contributed by atoms with Gasteiger partial charge in [-0.05, 0) is 12.1 Å². The van der Waals surface area contributed by atoms with E-state index in [1.807, 2.05) is 0 Å². The van der Waals surface area contributed by atoms with Crippen molar-refractivity contribution in [1.82, 2.24) is 20.2 Å². The first-order chi connectivity index (χ1) is 10.2. The highest BCUT2D eigenvalue weighted by atomic mass is 32.2. The van der Waals surface area contributed by atoms with Crippen LogP contribution in [0.4, 0.5) is 11.6 Å². The standard InChI is InChI=1S/C11H9N7O2S/c12-16-11-14-9-8(5-13-17-9)10(15-11)21-7-3-1-6(2-4-7)18(19)20/h1-5H,12H2,(H2,13,14,15,16,17). The van der Waals surface area contributed by atoms with Crippen molar-refractivity contribution in [3.63, 3.8) is 0 Å². The zero-order valence-electron chi connectivity index (χ0n) is 10.5. The van der Waals surface area contributed by atoms with Crippen LogP contribution in [0.15, 0.2) is 40.4 Å². The quantitative estimate of drug-likeness (QED) is 0.287. The predicted molar refractivity (Wildman–Crippen MR) is 76.7 cm³/mol. The number of nitrogens with zero attached hydrogens (tertiary/aromatic N) is 4. The van der Waals surface area contributed by atoms with Gasteiger partial charge in [-0.25, -0.2) is 10.8 Å². The average Bonchev–Trinajstić information content (AvgIpc) is 2.96. The average molecular weight is 303 g/mol. The third-order valence-corrected chi connectivity index (χ3v) is 3.68. The van der Waals surface area contributed by atoms with E-state index in [1.165, 1.54) is 23.9 Å². The summed E-state index contributed by atoms with van der Waals surface area (Å²) < 4.78 is 0. The zero-order valence-corrected chi connectivity index (χ0v) is 11.3. The molecule has 2 aromatic heterocycles. The molecule has 4 N–H and O–H groups in total. The minimum absolute atomic E-state index is 0.0415. The maximum Gasteiger partial charge on any atom is 0.269 e. The van der Waals surface area contributed by atoms with Crippen molar-refractivity contribution in [2.24, 2.45) is 5.84 Å². The van der Waals surface area contributed by atoms with E-state index in [2.05, 4.69) is 25.6 Å². The number of nitro benzene ring substituents is 1. The Labute approximate surface area is 122 Å². The maximum absolute atomic E-state index is 10.6. The van der Waals surface area contributed by atoms with Crippen LogP contribution in [0.2, 0.25) is 0 Å². The van der Waals surface area contributed by atoms with Crippen LogP contribution in [-0.4, -0.2) is 25.1 Å². The van der Waals surface area contributed by atoms with Crippen molar-refractivity contribution < 1.29 is 4.92 Å². The van der Waals surface area contributed by atoms with Gasteiger partial charge in [0.25, 0.3) is 5.69 Å². The highest BCUT2D eigenvalue weighted by molar-refractivity contribution is 7.99. The first kappa shape index (κ1) is 13.3. The lowest BCUT2D eigenvalue weighted by molar-refractivity contribution is -0.384. The van der Waals surface area contributed by atoms with E-state index in [1.54, 1.807) is 18.3 Å². The minimum atomic E-state index is -0.441. The van der Waals surface area contributed by atoms with Crippen molar-refractivity contribution in [2.45, 2.75) is 9.92 Å². The second kappa shape index (κ2) is 5.34. The lowest BCUT2D eigenvalue weighted by Gasteiger charge is -2.04. The molecule has 0 aliphatic heterocycles. The van der Waals surface area contributed by atoms with Crippen LogP contribution in [0.25, 0.3) is 11.0 Å². The first-order valence-electron chi connectivity index (χ1n) is 5.77. The number of nitro groups is 1. The van der Waals surface area contributed by atoms with Gasteiger partial charge in [-0.15, -0.1) is 0 Å². The van der Waals surface area contributed by atoms with Crippen molar-refractivity contribution in [3.05, 3.63) is 40.6 Å². The number of rotatable bonds is 4. The van der Waals surface area contributed by atoms with E-state index in [4.69, 9.17) is 5.84 Å². The van der Waals surface area contributed by atoms with Crippen LogP contribution in [0, 0.1) is 10.1 Å². The number of hydrogen-bond acceptors (Lipinski definition) is 8.